The molecule has 0 aliphatic heterocycles. The first-order valence-electron chi connectivity index (χ1n) is 2.47. The molecule has 5 heavy (non-hydrogen) atoms. The molecule has 0 amide bonds. The van der Waals surface area contributed by atoms with E-state index in [9.17, 15) is 0 Å². The molecule has 0 spiro atoms. The van der Waals surface area contributed by atoms with Gasteiger partial charge >= 0.3 is 0 Å². The second-order valence-electron chi connectivity index (χ2n) is 0.362. The molecular formula is C4H3N. The smallest absolute Gasteiger partial charge is 0.152 e. The maximum absolute atomic E-state index is 7.76. The monoisotopic (exact) mass is 68.0 g/mol. The Balaban J connectivity index is 3.93. The van der Waals surface area contributed by atoms with E-state index in [0.29, 0.717) is 0 Å². The van der Waals surface area contributed by atoms with Crippen molar-refractivity contribution >= 4 is 0 Å². The number of hydrogen-bond donors (Lipinski definition) is 0. The Morgan fingerprint density at radius 2 is 2.80 bits per heavy atom. The number of nitrogens with zero attached hydrogens (tertiary/aromatic N) is 1. The molecule has 1 nitrogen and oxygen atoms in total. The highest BCUT2D eigenvalue weighted by Crippen LogP contribution is 1.41. The van der Waals surface area contributed by atoms with Crippen molar-refractivity contribution in [2.75, 3.05) is 0 Å². The van der Waals surface area contributed by atoms with Crippen LogP contribution < -0.4 is 0 Å². The van der Waals surface area contributed by atoms with Gasteiger partial charge in [-0.3, -0.25) is 0 Å². The highest BCUT2D eigenvalue weighted by atomic mass is 14.2. The van der Waals surface area contributed by atoms with E-state index in [1.165, 1.54) is 6.07 Å². The van der Waals surface area contributed by atoms with Gasteiger partial charge in [0, 0.05) is 10.0 Å². The van der Waals surface area contributed by atoms with Crippen molar-refractivity contribution in [3.05, 3.63) is 0 Å². The van der Waals surface area contributed by atoms with E-state index in [-0.39, 0.29) is 0 Å². The van der Waals surface area contributed by atoms with Gasteiger partial charge in [0.15, 0.2) is 6.07 Å². The molecule has 24 valence electrons. The number of nitriles is 1. The molecule has 0 bridgehead atoms. The average molecular weight is 68.1 g/mol. The fourth-order valence-corrected chi connectivity index (χ4v) is 0.0280. The van der Waals surface area contributed by atoms with Gasteiger partial charge in [0.1, 0.15) is 0 Å². The Labute approximate surface area is 35.4 Å². The van der Waals surface area contributed by atoms with Crippen LogP contribution in [-0.2, 0) is 0 Å². The molecule has 0 radical (unpaired) electrons. The summed E-state index contributed by atoms with van der Waals surface area (Å²) in [5, 5.41) is 7.76. The van der Waals surface area contributed by atoms with E-state index in [1.807, 2.05) is 0 Å². The highest BCUT2D eigenvalue weighted by Gasteiger charge is 1.40. The van der Waals surface area contributed by atoms with Crippen LogP contribution in [0.4, 0.5) is 0 Å². The summed E-state index contributed by atoms with van der Waals surface area (Å²) in [5.41, 5.74) is 0. The topological polar surface area (TPSA) is 23.8 Å². The van der Waals surface area contributed by atoms with Gasteiger partial charge in [-0.15, -0.1) is 0 Å². The first kappa shape index (κ1) is 1.03. The highest BCUT2D eigenvalue weighted by molar-refractivity contribution is 5.14. The van der Waals surface area contributed by atoms with Gasteiger partial charge in [0.05, 0.1) is 0 Å². The van der Waals surface area contributed by atoms with E-state index < -0.39 is 6.85 Å². The van der Waals surface area contributed by atoms with Gasteiger partial charge in [-0.2, -0.15) is 5.26 Å². The van der Waals surface area contributed by atoms with Crippen molar-refractivity contribution in [3.8, 4) is 17.9 Å². The quantitative estimate of drug-likeness (QED) is 0.380. The Hall–Kier alpha value is -0.950. The summed E-state index contributed by atoms with van der Waals surface area (Å²) in [6, 6.07) is 1.40. The lowest BCUT2D eigenvalue weighted by Gasteiger charge is -1.38. The molecule has 0 aromatic rings. The minimum atomic E-state index is -2.28. The van der Waals surface area contributed by atoms with Crippen LogP contribution in [0.25, 0.3) is 0 Å². The summed E-state index contributed by atoms with van der Waals surface area (Å²) >= 11 is 0. The zero-order valence-electron chi connectivity index (χ0n) is 5.45. The summed E-state index contributed by atoms with van der Waals surface area (Å²) < 4.78 is 19.3. The van der Waals surface area contributed by atoms with Crippen LogP contribution in [0.2, 0.25) is 0 Å². The van der Waals surface area contributed by atoms with Gasteiger partial charge in [-0.25, -0.2) is 0 Å². The summed E-state index contributed by atoms with van der Waals surface area (Å²) in [6.07, 6.45) is 0. The van der Waals surface area contributed by atoms with E-state index in [1.54, 1.807) is 11.8 Å². The molecule has 0 rings (SSSR count). The predicted molar refractivity (Wildman–Crippen MR) is 19.1 cm³/mol. The van der Waals surface area contributed by atoms with Crippen molar-refractivity contribution in [3.63, 3.8) is 0 Å². The van der Waals surface area contributed by atoms with Crippen LogP contribution in [0.3, 0.4) is 0 Å². The maximum atomic E-state index is 7.76. The minimum Gasteiger partial charge on any atom is -0.183 e. The lowest BCUT2D eigenvalue weighted by Crippen LogP contribution is -1.36. The predicted octanol–water partition coefficient (Wildman–Crippen LogP) is 0.533. The minimum absolute atomic E-state index is 1.40. The number of hydrogen-bond acceptors (Lipinski definition) is 1. The van der Waals surface area contributed by atoms with Gasteiger partial charge in [0.2, 0.25) is 0 Å². The van der Waals surface area contributed by atoms with E-state index in [2.05, 4.69) is 0 Å². The summed E-state index contributed by atoms with van der Waals surface area (Å²) in [4.78, 5) is 0. The molecular weight excluding hydrogens is 62.1 g/mol. The van der Waals surface area contributed by atoms with Crippen molar-refractivity contribution in [2.24, 2.45) is 0 Å². The van der Waals surface area contributed by atoms with Crippen molar-refractivity contribution in [2.45, 2.75) is 6.85 Å². The fourth-order valence-electron chi connectivity index (χ4n) is 0.0280. The average Bonchev–Trinajstić information content (AvgIpc) is 1.59. The molecule has 0 aromatic heterocycles. The first-order valence-corrected chi connectivity index (χ1v) is 0.974. The molecule has 0 saturated carbocycles. The third-order valence-electron chi connectivity index (χ3n) is 0.118. The molecule has 0 N–H and O–H groups in total. The zero-order chi connectivity index (χ0) is 6.62. The van der Waals surface area contributed by atoms with Gasteiger partial charge in [-0.05, 0) is 6.85 Å². The van der Waals surface area contributed by atoms with Crippen LogP contribution in [0.15, 0.2) is 0 Å². The van der Waals surface area contributed by atoms with Crippen molar-refractivity contribution in [1.29, 1.82) is 5.26 Å². The Kier molecular flexibility index (Phi) is 0.628. The number of rotatable bonds is 0. The third kappa shape index (κ3) is 3.05. The lowest BCUT2D eigenvalue weighted by molar-refractivity contribution is 1.55. The standard InChI is InChI=1S/C4H3N/c1-2-3-4-5/h1H3/i1D3. The zero-order valence-corrected chi connectivity index (χ0v) is 2.45. The van der Waals surface area contributed by atoms with Gasteiger partial charge in [0.25, 0.3) is 0 Å². The molecule has 0 heterocycles. The maximum Gasteiger partial charge on any atom is 0.152 e. The van der Waals surface area contributed by atoms with Crippen molar-refractivity contribution < 1.29 is 4.11 Å². The van der Waals surface area contributed by atoms with Crippen LogP contribution in [0.5, 0.6) is 0 Å². The largest absolute Gasteiger partial charge is 0.183 e. The van der Waals surface area contributed by atoms with E-state index >= 15 is 0 Å². The fraction of sp³-hybridized carbons (Fsp3) is 0.250. The normalized spacial score (nSPS) is 14.6. The molecule has 0 aliphatic carbocycles. The Bertz CT molecular complexity index is 162. The van der Waals surface area contributed by atoms with E-state index in [4.69, 9.17) is 9.37 Å². The Morgan fingerprint density at radius 3 is 3.00 bits per heavy atom. The van der Waals surface area contributed by atoms with Crippen LogP contribution in [0, 0.1) is 23.2 Å². The second kappa shape index (κ2) is 3.05. The van der Waals surface area contributed by atoms with Crippen LogP contribution in [0.1, 0.15) is 11.0 Å². The molecule has 1 heteroatoms. The second-order valence-corrected chi connectivity index (χ2v) is 0.362. The summed E-state index contributed by atoms with van der Waals surface area (Å²) in [5.74, 6) is 3.54. The lowest BCUT2D eigenvalue weighted by atomic mass is 10.7. The molecule has 0 aromatic carbocycles. The summed E-state index contributed by atoms with van der Waals surface area (Å²) in [6.45, 7) is -2.28. The molecule has 0 unspecified atom stereocenters. The van der Waals surface area contributed by atoms with Gasteiger partial charge < -0.3 is 0 Å². The molecule has 0 fully saturated rings. The summed E-state index contributed by atoms with van der Waals surface area (Å²) in [7, 11) is 0. The third-order valence-corrected chi connectivity index (χ3v) is 0.118. The Morgan fingerprint density at radius 1 is 2.00 bits per heavy atom. The van der Waals surface area contributed by atoms with Crippen molar-refractivity contribution in [1.82, 2.24) is 0 Å². The van der Waals surface area contributed by atoms with Crippen LogP contribution in [-0.4, -0.2) is 0 Å². The van der Waals surface area contributed by atoms with Crippen LogP contribution >= 0.6 is 0 Å². The molecule has 0 aliphatic rings. The van der Waals surface area contributed by atoms with E-state index in [0.717, 1.165) is 0 Å². The first-order chi connectivity index (χ1) is 3.56. The SMILES string of the molecule is [2H]C([2H])([2H])C#CC#N. The molecule has 0 saturated heterocycles. The van der Waals surface area contributed by atoms with Gasteiger partial charge in [-0.1, -0.05) is 5.92 Å². The molecule has 0 atom stereocenters.